The first-order valence-corrected chi connectivity index (χ1v) is 8.32. The summed E-state index contributed by atoms with van der Waals surface area (Å²) < 4.78 is 5.60. The summed E-state index contributed by atoms with van der Waals surface area (Å²) >= 11 is 0. The van der Waals surface area contributed by atoms with Gasteiger partial charge >= 0.3 is 0 Å². The van der Waals surface area contributed by atoms with Crippen LogP contribution in [0.1, 0.15) is 52.4 Å². The van der Waals surface area contributed by atoms with Gasteiger partial charge in [-0.25, -0.2) is 0 Å². The van der Waals surface area contributed by atoms with Gasteiger partial charge in [-0.1, -0.05) is 13.8 Å². The highest BCUT2D eigenvalue weighted by atomic mass is 16.5. The number of nitrogens with one attached hydrogen (secondary N) is 1. The molecule has 2 heterocycles. The maximum Gasteiger partial charge on any atom is 0.0472 e. The van der Waals surface area contributed by atoms with Crippen LogP contribution >= 0.6 is 0 Å². The van der Waals surface area contributed by atoms with Gasteiger partial charge in [-0.15, -0.1) is 0 Å². The number of nitrogens with zero attached hydrogens (tertiary/aromatic N) is 1. The van der Waals surface area contributed by atoms with E-state index >= 15 is 0 Å². The number of likely N-dealkylation sites (tertiary alicyclic amines) is 1. The number of rotatable bonds is 7. The van der Waals surface area contributed by atoms with Crippen molar-refractivity contribution in [1.82, 2.24) is 10.2 Å². The second kappa shape index (κ2) is 7.61. The molecule has 19 heavy (non-hydrogen) atoms. The average Bonchev–Trinajstić information content (AvgIpc) is 2.87. The van der Waals surface area contributed by atoms with Gasteiger partial charge in [0.25, 0.3) is 0 Å². The van der Waals surface area contributed by atoms with E-state index in [2.05, 4.69) is 24.1 Å². The Kier molecular flexibility index (Phi) is 6.11. The highest BCUT2D eigenvalue weighted by Crippen LogP contribution is 2.34. The zero-order valence-corrected chi connectivity index (χ0v) is 12.9. The van der Waals surface area contributed by atoms with Crippen molar-refractivity contribution in [2.75, 3.05) is 39.4 Å². The second-order valence-corrected chi connectivity index (χ2v) is 6.46. The molecule has 0 saturated carbocycles. The molecule has 0 aromatic rings. The van der Waals surface area contributed by atoms with E-state index in [1.165, 1.54) is 58.2 Å². The minimum atomic E-state index is 0.463. The quantitative estimate of drug-likeness (QED) is 0.718. The van der Waals surface area contributed by atoms with Crippen molar-refractivity contribution in [2.45, 2.75) is 58.4 Å². The van der Waals surface area contributed by atoms with Crippen molar-refractivity contribution in [3.8, 4) is 0 Å². The normalized spacial score (nSPS) is 27.8. The first kappa shape index (κ1) is 15.3. The van der Waals surface area contributed by atoms with Crippen molar-refractivity contribution < 1.29 is 4.74 Å². The van der Waals surface area contributed by atoms with E-state index in [1.807, 2.05) is 0 Å². The number of hydrogen-bond donors (Lipinski definition) is 1. The van der Waals surface area contributed by atoms with Crippen LogP contribution < -0.4 is 5.32 Å². The molecule has 0 aromatic heterocycles. The summed E-state index contributed by atoms with van der Waals surface area (Å²) in [5.41, 5.74) is 0.463. The van der Waals surface area contributed by atoms with Crippen molar-refractivity contribution in [2.24, 2.45) is 5.41 Å². The highest BCUT2D eigenvalue weighted by molar-refractivity contribution is 4.90. The number of ether oxygens (including phenoxy) is 1. The summed E-state index contributed by atoms with van der Waals surface area (Å²) in [6.07, 6.45) is 7.81. The standard InChI is InChI=1S/C16H32N2O/c1-3-9-17-13-16(7-11-19-12-8-16)14-18-10-5-6-15(18)4-2/h15,17H,3-14H2,1-2H3. The van der Waals surface area contributed by atoms with Crippen LogP contribution in [0.5, 0.6) is 0 Å². The lowest BCUT2D eigenvalue weighted by Gasteiger charge is -2.42. The fourth-order valence-corrected chi connectivity index (χ4v) is 3.72. The van der Waals surface area contributed by atoms with Crippen LogP contribution in [0.25, 0.3) is 0 Å². The van der Waals surface area contributed by atoms with Crippen LogP contribution in [0.15, 0.2) is 0 Å². The lowest BCUT2D eigenvalue weighted by molar-refractivity contribution is -0.00657. The number of hydrogen-bond acceptors (Lipinski definition) is 3. The van der Waals surface area contributed by atoms with Crippen molar-refractivity contribution in [3.05, 3.63) is 0 Å². The largest absolute Gasteiger partial charge is 0.381 e. The van der Waals surface area contributed by atoms with Crippen molar-refractivity contribution in [3.63, 3.8) is 0 Å². The van der Waals surface area contributed by atoms with E-state index in [-0.39, 0.29) is 0 Å². The Hall–Kier alpha value is -0.120. The lowest BCUT2D eigenvalue weighted by Crippen LogP contribution is -2.48. The van der Waals surface area contributed by atoms with Crippen LogP contribution in [0.3, 0.4) is 0 Å². The molecule has 2 fully saturated rings. The Balaban J connectivity index is 1.92. The second-order valence-electron chi connectivity index (χ2n) is 6.46. The molecule has 1 unspecified atom stereocenters. The Morgan fingerprint density at radius 3 is 2.74 bits per heavy atom. The van der Waals surface area contributed by atoms with Gasteiger partial charge < -0.3 is 10.1 Å². The van der Waals surface area contributed by atoms with E-state index < -0.39 is 0 Å². The van der Waals surface area contributed by atoms with E-state index in [1.54, 1.807) is 0 Å². The molecule has 0 aromatic carbocycles. The molecule has 2 rings (SSSR count). The molecule has 0 spiro atoms. The molecule has 2 aliphatic heterocycles. The zero-order chi connectivity index (χ0) is 13.6. The highest BCUT2D eigenvalue weighted by Gasteiger charge is 2.36. The molecular formula is C16H32N2O. The molecule has 112 valence electrons. The molecule has 2 aliphatic rings. The molecule has 1 atom stereocenters. The smallest absolute Gasteiger partial charge is 0.0472 e. The third kappa shape index (κ3) is 4.17. The molecule has 2 saturated heterocycles. The van der Waals surface area contributed by atoms with E-state index in [9.17, 15) is 0 Å². The van der Waals surface area contributed by atoms with Crippen LogP contribution in [-0.4, -0.2) is 50.3 Å². The topological polar surface area (TPSA) is 24.5 Å². The third-order valence-corrected chi connectivity index (χ3v) is 4.99. The van der Waals surface area contributed by atoms with Gasteiger partial charge in [0.05, 0.1) is 0 Å². The van der Waals surface area contributed by atoms with Gasteiger partial charge in [-0.05, 0) is 57.0 Å². The summed E-state index contributed by atoms with van der Waals surface area (Å²) in [5.74, 6) is 0. The predicted octanol–water partition coefficient (Wildman–Crippen LogP) is 2.66. The summed E-state index contributed by atoms with van der Waals surface area (Å²) in [6, 6.07) is 0.839. The van der Waals surface area contributed by atoms with Crippen molar-refractivity contribution in [1.29, 1.82) is 0 Å². The minimum absolute atomic E-state index is 0.463. The SMILES string of the molecule is CCCNCC1(CN2CCCC2CC)CCOCC1. The van der Waals surface area contributed by atoms with E-state index in [0.717, 1.165) is 25.8 Å². The molecule has 3 nitrogen and oxygen atoms in total. The van der Waals surface area contributed by atoms with Crippen LogP contribution in [0.2, 0.25) is 0 Å². The molecule has 0 aliphatic carbocycles. The molecule has 0 amide bonds. The molecule has 3 heteroatoms. The predicted molar refractivity (Wildman–Crippen MR) is 80.5 cm³/mol. The average molecular weight is 268 g/mol. The Morgan fingerprint density at radius 2 is 2.05 bits per heavy atom. The monoisotopic (exact) mass is 268 g/mol. The molecule has 0 bridgehead atoms. The molecular weight excluding hydrogens is 236 g/mol. The van der Waals surface area contributed by atoms with Crippen molar-refractivity contribution >= 4 is 0 Å². The van der Waals surface area contributed by atoms with Gasteiger partial charge in [-0.3, -0.25) is 4.90 Å². The molecule has 0 radical (unpaired) electrons. The van der Waals surface area contributed by atoms with Crippen LogP contribution in [0, 0.1) is 5.41 Å². The maximum atomic E-state index is 5.60. The first-order valence-electron chi connectivity index (χ1n) is 8.32. The summed E-state index contributed by atoms with van der Waals surface area (Å²) in [6.45, 7) is 11.4. The fraction of sp³-hybridized carbons (Fsp3) is 1.00. The molecule has 1 N–H and O–H groups in total. The minimum Gasteiger partial charge on any atom is -0.381 e. The van der Waals surface area contributed by atoms with E-state index in [0.29, 0.717) is 5.41 Å². The van der Waals surface area contributed by atoms with Gasteiger partial charge in [-0.2, -0.15) is 0 Å². The van der Waals surface area contributed by atoms with Crippen LogP contribution in [-0.2, 0) is 4.74 Å². The Bertz CT molecular complexity index is 251. The third-order valence-electron chi connectivity index (χ3n) is 4.99. The Morgan fingerprint density at radius 1 is 1.26 bits per heavy atom. The van der Waals surface area contributed by atoms with Gasteiger partial charge in [0.15, 0.2) is 0 Å². The summed E-state index contributed by atoms with van der Waals surface area (Å²) in [5, 5.41) is 3.67. The van der Waals surface area contributed by atoms with Gasteiger partial charge in [0.1, 0.15) is 0 Å². The van der Waals surface area contributed by atoms with Gasteiger partial charge in [0.2, 0.25) is 0 Å². The summed E-state index contributed by atoms with van der Waals surface area (Å²) in [4.78, 5) is 2.76. The van der Waals surface area contributed by atoms with Crippen LogP contribution in [0.4, 0.5) is 0 Å². The fourth-order valence-electron chi connectivity index (χ4n) is 3.72. The zero-order valence-electron chi connectivity index (χ0n) is 12.9. The maximum absolute atomic E-state index is 5.60. The lowest BCUT2D eigenvalue weighted by atomic mass is 9.79. The summed E-state index contributed by atoms with van der Waals surface area (Å²) in [7, 11) is 0. The van der Waals surface area contributed by atoms with Gasteiger partial charge in [0, 0.05) is 32.3 Å². The van der Waals surface area contributed by atoms with E-state index in [4.69, 9.17) is 4.74 Å². The first-order chi connectivity index (χ1) is 9.29. The Labute approximate surface area is 119 Å².